The van der Waals surface area contributed by atoms with Crippen LogP contribution < -0.4 is 15.0 Å². The average Bonchev–Trinajstić information content (AvgIpc) is 2.34. The van der Waals surface area contributed by atoms with E-state index < -0.39 is 0 Å². The number of H-pyrrole nitrogens is 1. The zero-order chi connectivity index (χ0) is 12.5. The van der Waals surface area contributed by atoms with Crippen molar-refractivity contribution in [3.05, 3.63) is 16.7 Å². The van der Waals surface area contributed by atoms with E-state index in [1.807, 2.05) is 0 Å². The summed E-state index contributed by atoms with van der Waals surface area (Å²) in [4.78, 5) is 17.7. The number of hydrogen-bond donors (Lipinski definition) is 1. The molecule has 5 nitrogen and oxygen atoms in total. The fraction of sp³-hybridized carbons (Fsp3) is 0.667. The van der Waals surface area contributed by atoms with Gasteiger partial charge in [-0.3, -0.25) is 4.79 Å². The summed E-state index contributed by atoms with van der Waals surface area (Å²) in [5.74, 6) is 0.410. The van der Waals surface area contributed by atoms with Gasteiger partial charge in [-0.1, -0.05) is 32.6 Å². The highest BCUT2D eigenvalue weighted by molar-refractivity contribution is 5.29. The molecular weight excluding hydrogens is 220 g/mol. The zero-order valence-corrected chi connectivity index (χ0v) is 10.5. The van der Waals surface area contributed by atoms with Crippen molar-refractivity contribution < 1.29 is 9.47 Å². The Bertz CT molecular complexity index is 376. The van der Waals surface area contributed by atoms with Crippen LogP contribution in [0.2, 0.25) is 0 Å². The molecule has 1 N–H and O–H groups in total. The van der Waals surface area contributed by atoms with E-state index in [0.29, 0.717) is 6.61 Å². The predicted octanol–water partition coefficient (Wildman–Crippen LogP) is 2.13. The Morgan fingerprint density at radius 1 is 1.29 bits per heavy atom. The number of hydrogen-bond acceptors (Lipinski definition) is 4. The van der Waals surface area contributed by atoms with Crippen LogP contribution in [0.4, 0.5) is 0 Å². The number of aromatic nitrogens is 2. The van der Waals surface area contributed by atoms with E-state index in [9.17, 15) is 4.79 Å². The number of nitrogens with zero attached hydrogens (tertiary/aromatic N) is 1. The summed E-state index contributed by atoms with van der Waals surface area (Å²) < 4.78 is 10.4. The van der Waals surface area contributed by atoms with E-state index in [1.165, 1.54) is 32.7 Å². The molecule has 0 aliphatic carbocycles. The van der Waals surface area contributed by atoms with Gasteiger partial charge in [0.25, 0.3) is 11.4 Å². The number of aromatic amines is 1. The number of rotatable bonds is 8. The third-order valence-corrected chi connectivity index (χ3v) is 2.47. The standard InChI is InChI=1S/C12H20N2O3/c1-3-4-5-6-7-8-17-12-10(16-2)11(15)13-9-14-12/h9H,3-8H2,1-2H3,(H,13,14,15). The molecule has 0 aliphatic heterocycles. The van der Waals surface area contributed by atoms with E-state index in [1.54, 1.807) is 0 Å². The number of ether oxygens (including phenoxy) is 2. The normalized spacial score (nSPS) is 10.2. The fourth-order valence-electron chi connectivity index (χ4n) is 1.53. The molecule has 1 aromatic heterocycles. The molecule has 96 valence electrons. The molecule has 5 heteroatoms. The summed E-state index contributed by atoms with van der Waals surface area (Å²) >= 11 is 0. The van der Waals surface area contributed by atoms with Gasteiger partial charge in [0.05, 0.1) is 20.0 Å². The Labute approximate surface area is 101 Å². The first-order valence-electron chi connectivity index (χ1n) is 6.04. The molecule has 0 radical (unpaired) electrons. The maximum Gasteiger partial charge on any atom is 0.297 e. The van der Waals surface area contributed by atoms with Crippen molar-refractivity contribution >= 4 is 0 Å². The summed E-state index contributed by atoms with van der Waals surface area (Å²) in [5, 5.41) is 0. The van der Waals surface area contributed by atoms with Gasteiger partial charge in [-0.2, -0.15) is 0 Å². The van der Waals surface area contributed by atoms with Crippen molar-refractivity contribution in [2.24, 2.45) is 0 Å². The van der Waals surface area contributed by atoms with Crippen molar-refractivity contribution in [3.63, 3.8) is 0 Å². The smallest absolute Gasteiger partial charge is 0.297 e. The van der Waals surface area contributed by atoms with Crippen molar-refractivity contribution in [3.8, 4) is 11.6 Å². The molecule has 0 saturated heterocycles. The molecule has 0 saturated carbocycles. The topological polar surface area (TPSA) is 64.2 Å². The van der Waals surface area contributed by atoms with E-state index >= 15 is 0 Å². The lowest BCUT2D eigenvalue weighted by Gasteiger charge is -2.07. The van der Waals surface area contributed by atoms with Crippen LogP contribution in [-0.4, -0.2) is 23.7 Å². The van der Waals surface area contributed by atoms with Gasteiger partial charge in [-0.05, 0) is 6.42 Å². The number of unbranched alkanes of at least 4 members (excludes halogenated alkanes) is 4. The van der Waals surface area contributed by atoms with E-state index in [-0.39, 0.29) is 17.2 Å². The molecule has 0 atom stereocenters. The Balaban J connectivity index is 2.36. The van der Waals surface area contributed by atoms with Crippen molar-refractivity contribution in [1.82, 2.24) is 9.97 Å². The Morgan fingerprint density at radius 3 is 2.76 bits per heavy atom. The van der Waals surface area contributed by atoms with Gasteiger partial charge in [0.1, 0.15) is 0 Å². The molecule has 0 fully saturated rings. The summed E-state index contributed by atoms with van der Waals surface area (Å²) in [6.07, 6.45) is 7.13. The minimum absolute atomic E-state index is 0.140. The first kappa shape index (κ1) is 13.5. The molecule has 1 rings (SSSR count). The van der Waals surface area contributed by atoms with Gasteiger partial charge >= 0.3 is 0 Å². The minimum Gasteiger partial charge on any atom is -0.487 e. The second-order valence-corrected chi connectivity index (χ2v) is 3.83. The van der Waals surface area contributed by atoms with Gasteiger partial charge < -0.3 is 14.5 Å². The first-order chi connectivity index (χ1) is 8.29. The summed E-state index contributed by atoms with van der Waals surface area (Å²) in [6.45, 7) is 2.75. The highest BCUT2D eigenvalue weighted by Gasteiger charge is 2.09. The molecule has 1 aromatic rings. The lowest BCUT2D eigenvalue weighted by Crippen LogP contribution is -2.12. The molecule has 0 aromatic carbocycles. The Hall–Kier alpha value is -1.52. The highest BCUT2D eigenvalue weighted by atomic mass is 16.5. The third-order valence-electron chi connectivity index (χ3n) is 2.47. The van der Waals surface area contributed by atoms with Gasteiger partial charge in [-0.25, -0.2) is 4.98 Å². The second-order valence-electron chi connectivity index (χ2n) is 3.83. The van der Waals surface area contributed by atoms with E-state index in [0.717, 1.165) is 12.8 Å². The van der Waals surface area contributed by atoms with E-state index in [4.69, 9.17) is 9.47 Å². The maximum absolute atomic E-state index is 11.3. The van der Waals surface area contributed by atoms with Crippen LogP contribution in [0.25, 0.3) is 0 Å². The van der Waals surface area contributed by atoms with Crippen LogP contribution in [0.1, 0.15) is 39.0 Å². The molecule has 0 unspecified atom stereocenters. The fourth-order valence-corrected chi connectivity index (χ4v) is 1.53. The van der Waals surface area contributed by atoms with Gasteiger partial charge in [0, 0.05) is 0 Å². The SMILES string of the molecule is CCCCCCCOc1nc[nH]c(=O)c1OC. The van der Waals surface area contributed by atoms with Crippen LogP contribution in [0.5, 0.6) is 11.6 Å². The maximum atomic E-state index is 11.3. The van der Waals surface area contributed by atoms with Crippen molar-refractivity contribution in [2.75, 3.05) is 13.7 Å². The minimum atomic E-state index is -0.316. The van der Waals surface area contributed by atoms with Gasteiger partial charge in [0.15, 0.2) is 0 Å². The molecule has 17 heavy (non-hydrogen) atoms. The van der Waals surface area contributed by atoms with Crippen LogP contribution in [0, 0.1) is 0 Å². The zero-order valence-electron chi connectivity index (χ0n) is 10.5. The largest absolute Gasteiger partial charge is 0.487 e. The molecule has 1 heterocycles. The van der Waals surface area contributed by atoms with Crippen LogP contribution in [-0.2, 0) is 0 Å². The van der Waals surface area contributed by atoms with Crippen molar-refractivity contribution in [2.45, 2.75) is 39.0 Å². The number of nitrogens with one attached hydrogen (secondary N) is 1. The third kappa shape index (κ3) is 4.46. The summed E-state index contributed by atoms with van der Waals surface area (Å²) in [6, 6.07) is 0. The predicted molar refractivity (Wildman–Crippen MR) is 65.7 cm³/mol. The Morgan fingerprint density at radius 2 is 2.06 bits per heavy atom. The van der Waals surface area contributed by atoms with Crippen LogP contribution in [0.15, 0.2) is 11.1 Å². The van der Waals surface area contributed by atoms with Gasteiger partial charge in [-0.15, -0.1) is 0 Å². The summed E-state index contributed by atoms with van der Waals surface area (Å²) in [5.41, 5.74) is -0.316. The second kappa shape index (κ2) is 7.70. The molecule has 0 aliphatic rings. The Kier molecular flexibility index (Phi) is 6.14. The summed E-state index contributed by atoms with van der Waals surface area (Å²) in [7, 11) is 1.43. The molecule has 0 amide bonds. The lowest BCUT2D eigenvalue weighted by atomic mass is 10.2. The van der Waals surface area contributed by atoms with E-state index in [2.05, 4.69) is 16.9 Å². The number of methoxy groups -OCH3 is 1. The molecular formula is C12H20N2O3. The quantitative estimate of drug-likeness (QED) is 0.707. The first-order valence-corrected chi connectivity index (χ1v) is 6.04. The van der Waals surface area contributed by atoms with Crippen LogP contribution >= 0.6 is 0 Å². The van der Waals surface area contributed by atoms with Crippen LogP contribution in [0.3, 0.4) is 0 Å². The van der Waals surface area contributed by atoms with Crippen molar-refractivity contribution in [1.29, 1.82) is 0 Å². The average molecular weight is 240 g/mol. The van der Waals surface area contributed by atoms with Gasteiger partial charge in [0.2, 0.25) is 5.75 Å². The lowest BCUT2D eigenvalue weighted by molar-refractivity contribution is 0.271. The highest BCUT2D eigenvalue weighted by Crippen LogP contribution is 2.17. The molecule has 0 bridgehead atoms. The molecule has 0 spiro atoms. The monoisotopic (exact) mass is 240 g/mol.